The average molecular weight is 331 g/mol. The molecule has 0 atom stereocenters. The van der Waals surface area contributed by atoms with Crippen molar-refractivity contribution in [2.24, 2.45) is 0 Å². The zero-order valence-corrected chi connectivity index (χ0v) is 14.9. The standard InChI is InChI=1S/C19H23ClN2O/c1-5-22(6-2)19(23)16-9-7-8-10-17(16)21(4)18-13-15(20)12-11-14(18)3/h7-13H,5-6H2,1-4H3. The maximum atomic E-state index is 12.8. The maximum absolute atomic E-state index is 12.8. The molecule has 2 aromatic carbocycles. The number of aryl methyl sites for hydroxylation is 1. The van der Waals surface area contributed by atoms with Crippen LogP contribution in [0.3, 0.4) is 0 Å². The Morgan fingerprint density at radius 3 is 2.35 bits per heavy atom. The summed E-state index contributed by atoms with van der Waals surface area (Å²) in [5.74, 6) is 0.0529. The van der Waals surface area contributed by atoms with Gasteiger partial charge in [0.15, 0.2) is 0 Å². The van der Waals surface area contributed by atoms with Crippen molar-refractivity contribution in [3.05, 3.63) is 58.6 Å². The summed E-state index contributed by atoms with van der Waals surface area (Å²) >= 11 is 6.14. The van der Waals surface area contributed by atoms with Gasteiger partial charge in [0.05, 0.1) is 11.3 Å². The molecule has 0 aliphatic heterocycles. The van der Waals surface area contributed by atoms with Crippen LogP contribution < -0.4 is 4.90 Å². The van der Waals surface area contributed by atoms with Crippen LogP contribution in [0.1, 0.15) is 29.8 Å². The van der Waals surface area contributed by atoms with Gasteiger partial charge >= 0.3 is 0 Å². The number of nitrogens with zero attached hydrogens (tertiary/aromatic N) is 2. The molecule has 0 aliphatic rings. The van der Waals surface area contributed by atoms with Crippen molar-refractivity contribution in [1.82, 2.24) is 4.90 Å². The number of hydrogen-bond acceptors (Lipinski definition) is 2. The summed E-state index contributed by atoms with van der Waals surface area (Å²) in [5.41, 5.74) is 3.70. The highest BCUT2D eigenvalue weighted by Gasteiger charge is 2.19. The number of amides is 1. The summed E-state index contributed by atoms with van der Waals surface area (Å²) < 4.78 is 0. The molecule has 23 heavy (non-hydrogen) atoms. The first-order chi connectivity index (χ1) is 11.0. The molecule has 122 valence electrons. The Kier molecular flexibility index (Phi) is 5.67. The largest absolute Gasteiger partial charge is 0.344 e. The molecular weight excluding hydrogens is 308 g/mol. The topological polar surface area (TPSA) is 23.6 Å². The number of halogens is 1. The van der Waals surface area contributed by atoms with Crippen LogP contribution >= 0.6 is 11.6 Å². The van der Waals surface area contributed by atoms with E-state index in [-0.39, 0.29) is 5.91 Å². The number of anilines is 2. The Morgan fingerprint density at radius 1 is 1.04 bits per heavy atom. The smallest absolute Gasteiger partial charge is 0.255 e. The molecular formula is C19H23ClN2O. The van der Waals surface area contributed by atoms with Gasteiger partial charge in [0.1, 0.15) is 0 Å². The molecule has 0 N–H and O–H groups in total. The summed E-state index contributed by atoms with van der Waals surface area (Å²) in [5, 5.41) is 0.685. The van der Waals surface area contributed by atoms with Crippen molar-refractivity contribution in [3.63, 3.8) is 0 Å². The fourth-order valence-electron chi connectivity index (χ4n) is 2.70. The van der Waals surface area contributed by atoms with Crippen LogP contribution in [-0.4, -0.2) is 30.9 Å². The lowest BCUT2D eigenvalue weighted by Crippen LogP contribution is -2.31. The van der Waals surface area contributed by atoms with E-state index in [9.17, 15) is 4.79 Å². The zero-order valence-electron chi connectivity index (χ0n) is 14.1. The second-order valence-electron chi connectivity index (χ2n) is 5.48. The Hall–Kier alpha value is -2.00. The summed E-state index contributed by atoms with van der Waals surface area (Å²) in [4.78, 5) is 16.6. The first-order valence-electron chi connectivity index (χ1n) is 7.87. The number of carbonyl (C=O) groups excluding carboxylic acids is 1. The van der Waals surface area contributed by atoms with E-state index >= 15 is 0 Å². The van der Waals surface area contributed by atoms with Crippen molar-refractivity contribution in [3.8, 4) is 0 Å². The molecule has 0 saturated carbocycles. The number of rotatable bonds is 5. The van der Waals surface area contributed by atoms with Crippen LogP contribution in [0.5, 0.6) is 0 Å². The fraction of sp³-hybridized carbons (Fsp3) is 0.316. The van der Waals surface area contributed by atoms with Gasteiger partial charge < -0.3 is 9.80 Å². The predicted molar refractivity (Wildman–Crippen MR) is 97.9 cm³/mol. The minimum Gasteiger partial charge on any atom is -0.344 e. The molecule has 0 radical (unpaired) electrons. The maximum Gasteiger partial charge on any atom is 0.255 e. The van der Waals surface area contributed by atoms with Crippen molar-refractivity contribution >= 4 is 28.9 Å². The number of carbonyl (C=O) groups is 1. The van der Waals surface area contributed by atoms with Crippen molar-refractivity contribution in [2.75, 3.05) is 25.0 Å². The molecule has 0 heterocycles. The molecule has 0 aliphatic carbocycles. The van der Waals surface area contributed by atoms with Crippen LogP contribution in [0.25, 0.3) is 0 Å². The number of benzene rings is 2. The van der Waals surface area contributed by atoms with Crippen LogP contribution in [-0.2, 0) is 0 Å². The van der Waals surface area contributed by atoms with E-state index in [1.807, 2.05) is 80.1 Å². The molecule has 3 nitrogen and oxygen atoms in total. The second-order valence-corrected chi connectivity index (χ2v) is 5.92. The van der Waals surface area contributed by atoms with Crippen molar-refractivity contribution < 1.29 is 4.79 Å². The Balaban J connectivity index is 2.48. The minimum atomic E-state index is 0.0529. The SMILES string of the molecule is CCN(CC)C(=O)c1ccccc1N(C)c1cc(Cl)ccc1C. The Labute approximate surface area is 143 Å². The third-order valence-corrected chi connectivity index (χ3v) is 4.31. The van der Waals surface area contributed by atoms with Crippen molar-refractivity contribution in [1.29, 1.82) is 0 Å². The lowest BCUT2D eigenvalue weighted by Gasteiger charge is -2.26. The molecule has 0 spiro atoms. The van der Waals surface area contributed by atoms with Gasteiger partial charge in [-0.3, -0.25) is 4.79 Å². The normalized spacial score (nSPS) is 10.5. The first kappa shape index (κ1) is 17.4. The van der Waals surface area contributed by atoms with Gasteiger partial charge in [-0.25, -0.2) is 0 Å². The third-order valence-electron chi connectivity index (χ3n) is 4.08. The van der Waals surface area contributed by atoms with Gasteiger partial charge in [0, 0.05) is 30.8 Å². The fourth-order valence-corrected chi connectivity index (χ4v) is 2.87. The summed E-state index contributed by atoms with van der Waals surface area (Å²) in [6, 6.07) is 13.5. The van der Waals surface area contributed by atoms with E-state index in [0.29, 0.717) is 23.7 Å². The third kappa shape index (κ3) is 3.67. The van der Waals surface area contributed by atoms with Gasteiger partial charge in [0.25, 0.3) is 5.91 Å². The zero-order chi connectivity index (χ0) is 17.0. The monoisotopic (exact) mass is 330 g/mol. The molecule has 0 aromatic heterocycles. The quantitative estimate of drug-likeness (QED) is 0.778. The lowest BCUT2D eigenvalue weighted by molar-refractivity contribution is 0.0773. The van der Waals surface area contributed by atoms with Crippen LogP contribution in [0.15, 0.2) is 42.5 Å². The van der Waals surface area contributed by atoms with E-state index in [0.717, 1.165) is 16.9 Å². The first-order valence-corrected chi connectivity index (χ1v) is 8.25. The molecule has 4 heteroatoms. The van der Waals surface area contributed by atoms with Gasteiger partial charge in [-0.15, -0.1) is 0 Å². The van der Waals surface area contributed by atoms with E-state index in [1.165, 1.54) is 0 Å². The van der Waals surface area contributed by atoms with E-state index in [4.69, 9.17) is 11.6 Å². The summed E-state index contributed by atoms with van der Waals surface area (Å²) in [6.45, 7) is 7.42. The molecule has 2 aromatic rings. The Bertz CT molecular complexity index is 696. The molecule has 0 fully saturated rings. The van der Waals surface area contributed by atoms with Gasteiger partial charge in [-0.2, -0.15) is 0 Å². The highest BCUT2D eigenvalue weighted by atomic mass is 35.5. The number of para-hydroxylation sites is 1. The van der Waals surface area contributed by atoms with E-state index in [2.05, 4.69) is 0 Å². The minimum absolute atomic E-state index is 0.0529. The Morgan fingerprint density at radius 2 is 1.70 bits per heavy atom. The summed E-state index contributed by atoms with van der Waals surface area (Å²) in [6.07, 6.45) is 0. The van der Waals surface area contributed by atoms with Crippen LogP contribution in [0, 0.1) is 6.92 Å². The predicted octanol–water partition coefficient (Wildman–Crippen LogP) is 4.90. The summed E-state index contributed by atoms with van der Waals surface area (Å²) in [7, 11) is 1.97. The molecule has 1 amide bonds. The highest BCUT2D eigenvalue weighted by molar-refractivity contribution is 6.30. The van der Waals surface area contributed by atoms with Crippen LogP contribution in [0.4, 0.5) is 11.4 Å². The second kappa shape index (κ2) is 7.51. The number of hydrogen-bond donors (Lipinski definition) is 0. The lowest BCUT2D eigenvalue weighted by atomic mass is 10.1. The van der Waals surface area contributed by atoms with E-state index in [1.54, 1.807) is 0 Å². The van der Waals surface area contributed by atoms with Crippen molar-refractivity contribution in [2.45, 2.75) is 20.8 Å². The molecule has 0 bridgehead atoms. The van der Waals surface area contributed by atoms with Crippen LogP contribution in [0.2, 0.25) is 5.02 Å². The van der Waals surface area contributed by atoms with Gasteiger partial charge in [-0.1, -0.05) is 29.8 Å². The van der Waals surface area contributed by atoms with Gasteiger partial charge in [-0.05, 0) is 50.6 Å². The molecule has 0 unspecified atom stereocenters. The van der Waals surface area contributed by atoms with Gasteiger partial charge in [0.2, 0.25) is 0 Å². The average Bonchev–Trinajstić information content (AvgIpc) is 2.57. The molecule has 0 saturated heterocycles. The van der Waals surface area contributed by atoms with E-state index < -0.39 is 0 Å². The highest BCUT2D eigenvalue weighted by Crippen LogP contribution is 2.32. The molecule has 2 rings (SSSR count).